The van der Waals surface area contributed by atoms with Gasteiger partial charge in [0, 0.05) is 30.4 Å². The van der Waals surface area contributed by atoms with Crippen molar-refractivity contribution in [2.45, 2.75) is 32.8 Å². The van der Waals surface area contributed by atoms with Crippen molar-refractivity contribution < 1.29 is 19.1 Å². The molecule has 0 atom stereocenters. The molecule has 2 rings (SSSR count). The summed E-state index contributed by atoms with van der Waals surface area (Å²) in [5, 5.41) is 8.03. The molecule has 0 fully saturated rings. The molecular weight excluding hydrogens is 382 g/mol. The van der Waals surface area contributed by atoms with Crippen LogP contribution < -0.4 is 16.0 Å². The maximum atomic E-state index is 12.0. The first-order valence-corrected chi connectivity index (χ1v) is 9.62. The second-order valence-corrected chi connectivity index (χ2v) is 7.54. The third-order valence-electron chi connectivity index (χ3n) is 3.68. The zero-order valence-electron chi connectivity index (χ0n) is 17.4. The molecule has 3 amide bonds. The maximum absolute atomic E-state index is 12.0. The minimum atomic E-state index is -0.582. The Kier molecular flexibility index (Phi) is 8.17. The van der Waals surface area contributed by atoms with Gasteiger partial charge < -0.3 is 20.7 Å². The van der Waals surface area contributed by atoms with E-state index in [1.165, 1.54) is 6.08 Å². The lowest BCUT2D eigenvalue weighted by atomic mass is 10.2. The molecule has 0 spiro atoms. The van der Waals surface area contributed by atoms with E-state index in [4.69, 9.17) is 4.74 Å². The van der Waals surface area contributed by atoms with E-state index in [-0.39, 0.29) is 24.8 Å². The molecule has 30 heavy (non-hydrogen) atoms. The number of carbonyl (C=O) groups excluding carboxylic acids is 3. The number of hydrogen-bond acceptors (Lipinski definition) is 4. The third-order valence-corrected chi connectivity index (χ3v) is 3.68. The molecule has 2 aromatic carbocycles. The predicted molar refractivity (Wildman–Crippen MR) is 118 cm³/mol. The molecule has 7 heteroatoms. The fourth-order valence-electron chi connectivity index (χ4n) is 2.37. The Morgan fingerprint density at radius 3 is 2.10 bits per heavy atom. The molecule has 0 saturated carbocycles. The van der Waals surface area contributed by atoms with Gasteiger partial charge in [-0.3, -0.25) is 9.59 Å². The van der Waals surface area contributed by atoms with Crippen LogP contribution in [0, 0.1) is 0 Å². The summed E-state index contributed by atoms with van der Waals surface area (Å²) in [4.78, 5) is 35.5. The number of benzene rings is 2. The van der Waals surface area contributed by atoms with Crippen molar-refractivity contribution in [2.75, 3.05) is 17.2 Å². The summed E-state index contributed by atoms with van der Waals surface area (Å²) < 4.78 is 5.10. The second kappa shape index (κ2) is 10.8. The molecule has 2 aromatic rings. The van der Waals surface area contributed by atoms with Crippen molar-refractivity contribution in [3.8, 4) is 0 Å². The fourth-order valence-corrected chi connectivity index (χ4v) is 2.37. The number of nitrogens with one attached hydrogen (secondary N) is 3. The highest BCUT2D eigenvalue weighted by Crippen LogP contribution is 2.14. The van der Waals surface area contributed by atoms with Gasteiger partial charge in [0.1, 0.15) is 5.60 Å². The smallest absolute Gasteiger partial charge is 0.407 e. The van der Waals surface area contributed by atoms with Gasteiger partial charge in [0.2, 0.25) is 11.8 Å². The average molecular weight is 409 g/mol. The number of anilines is 2. The van der Waals surface area contributed by atoms with Crippen molar-refractivity contribution >= 4 is 35.4 Å². The number of ether oxygens (including phenoxy) is 1. The average Bonchev–Trinajstić information content (AvgIpc) is 2.67. The van der Waals surface area contributed by atoms with Crippen LogP contribution in [0.2, 0.25) is 0 Å². The lowest BCUT2D eigenvalue weighted by molar-refractivity contribution is -0.116. The summed E-state index contributed by atoms with van der Waals surface area (Å²) >= 11 is 0. The molecule has 158 valence electrons. The molecule has 7 nitrogen and oxygen atoms in total. The molecule has 3 N–H and O–H groups in total. The van der Waals surface area contributed by atoms with Gasteiger partial charge in [-0.15, -0.1) is 0 Å². The molecule has 0 aliphatic heterocycles. The van der Waals surface area contributed by atoms with Gasteiger partial charge >= 0.3 is 6.09 Å². The molecule has 0 bridgehead atoms. The molecule has 0 unspecified atom stereocenters. The van der Waals surface area contributed by atoms with Crippen LogP contribution in [0.3, 0.4) is 0 Å². The molecule has 0 radical (unpaired) electrons. The van der Waals surface area contributed by atoms with Gasteiger partial charge in [-0.25, -0.2) is 4.79 Å². The second-order valence-electron chi connectivity index (χ2n) is 7.54. The highest BCUT2D eigenvalue weighted by atomic mass is 16.6. The third kappa shape index (κ3) is 9.05. The Morgan fingerprint density at radius 1 is 0.900 bits per heavy atom. The van der Waals surface area contributed by atoms with Gasteiger partial charge in [-0.05, 0) is 56.7 Å². The van der Waals surface area contributed by atoms with E-state index in [0.29, 0.717) is 11.4 Å². The first kappa shape index (κ1) is 22.7. The Hall–Kier alpha value is -3.61. The van der Waals surface area contributed by atoms with E-state index in [0.717, 1.165) is 5.56 Å². The minimum Gasteiger partial charge on any atom is -0.444 e. The van der Waals surface area contributed by atoms with E-state index >= 15 is 0 Å². The van der Waals surface area contributed by atoms with Crippen molar-refractivity contribution in [3.63, 3.8) is 0 Å². The molecule has 0 saturated heterocycles. The predicted octanol–water partition coefficient (Wildman–Crippen LogP) is 4.19. The molecule has 0 aromatic heterocycles. The fraction of sp³-hybridized carbons (Fsp3) is 0.261. The van der Waals surface area contributed by atoms with Gasteiger partial charge in [-0.1, -0.05) is 30.3 Å². The quantitative estimate of drug-likeness (QED) is 0.597. The van der Waals surface area contributed by atoms with Crippen molar-refractivity contribution in [3.05, 3.63) is 66.2 Å². The van der Waals surface area contributed by atoms with E-state index in [2.05, 4.69) is 16.0 Å². The highest BCUT2D eigenvalue weighted by molar-refractivity contribution is 6.02. The standard InChI is InChI=1S/C23H27N3O4/c1-23(2,3)30-22(29)24-16-15-21(28)26-19-12-10-18(11-13-19)25-20(27)14-9-17-7-5-4-6-8-17/h4-14H,15-16H2,1-3H3,(H,24,29)(H,25,27)(H,26,28)/b14-9+. The van der Waals surface area contributed by atoms with Crippen LogP contribution in [-0.2, 0) is 14.3 Å². The molecule has 0 heterocycles. The Bertz CT molecular complexity index is 885. The first-order chi connectivity index (χ1) is 14.2. The van der Waals surface area contributed by atoms with Gasteiger partial charge in [-0.2, -0.15) is 0 Å². The summed E-state index contributed by atoms with van der Waals surface area (Å²) in [6.45, 7) is 5.48. The highest BCUT2D eigenvalue weighted by Gasteiger charge is 2.15. The Morgan fingerprint density at radius 2 is 1.50 bits per heavy atom. The van der Waals surface area contributed by atoms with Crippen LogP contribution >= 0.6 is 0 Å². The SMILES string of the molecule is CC(C)(C)OC(=O)NCCC(=O)Nc1ccc(NC(=O)/C=C/c2ccccc2)cc1. The molecular formula is C23H27N3O4. The summed E-state index contributed by atoms with van der Waals surface area (Å²) in [7, 11) is 0. The monoisotopic (exact) mass is 409 g/mol. The normalized spacial score (nSPS) is 11.0. The topological polar surface area (TPSA) is 96.5 Å². The Balaban J connectivity index is 1.74. The van der Waals surface area contributed by atoms with Crippen LogP contribution in [0.4, 0.5) is 16.2 Å². The number of alkyl carbamates (subject to hydrolysis) is 1. The van der Waals surface area contributed by atoms with E-state index in [1.807, 2.05) is 30.3 Å². The van der Waals surface area contributed by atoms with Crippen molar-refractivity contribution in [2.24, 2.45) is 0 Å². The minimum absolute atomic E-state index is 0.113. The van der Waals surface area contributed by atoms with Crippen molar-refractivity contribution in [1.82, 2.24) is 5.32 Å². The van der Waals surface area contributed by atoms with Crippen LogP contribution in [0.5, 0.6) is 0 Å². The first-order valence-electron chi connectivity index (χ1n) is 9.62. The van der Waals surface area contributed by atoms with E-state index < -0.39 is 11.7 Å². The van der Waals surface area contributed by atoms with Crippen LogP contribution in [-0.4, -0.2) is 30.1 Å². The lowest BCUT2D eigenvalue weighted by Gasteiger charge is -2.19. The van der Waals surface area contributed by atoms with Gasteiger partial charge in [0.05, 0.1) is 0 Å². The lowest BCUT2D eigenvalue weighted by Crippen LogP contribution is -2.34. The number of hydrogen-bond donors (Lipinski definition) is 3. The summed E-state index contributed by atoms with van der Waals surface area (Å²) in [6.07, 6.45) is 2.75. The van der Waals surface area contributed by atoms with Crippen molar-refractivity contribution in [1.29, 1.82) is 0 Å². The number of amides is 3. The van der Waals surface area contributed by atoms with E-state index in [1.54, 1.807) is 51.1 Å². The largest absolute Gasteiger partial charge is 0.444 e. The van der Waals surface area contributed by atoms with Gasteiger partial charge in [0.25, 0.3) is 0 Å². The van der Waals surface area contributed by atoms with Gasteiger partial charge in [0.15, 0.2) is 0 Å². The zero-order chi connectivity index (χ0) is 22.0. The number of rotatable bonds is 7. The summed E-state index contributed by atoms with van der Waals surface area (Å²) in [5.74, 6) is -0.488. The summed E-state index contributed by atoms with van der Waals surface area (Å²) in [6, 6.07) is 16.3. The molecule has 0 aliphatic carbocycles. The molecule has 0 aliphatic rings. The number of carbonyl (C=O) groups is 3. The maximum Gasteiger partial charge on any atom is 0.407 e. The van der Waals surface area contributed by atoms with Crippen LogP contribution in [0.1, 0.15) is 32.8 Å². The zero-order valence-corrected chi connectivity index (χ0v) is 17.4. The Labute approximate surface area is 176 Å². The van der Waals surface area contributed by atoms with Crippen LogP contribution in [0.15, 0.2) is 60.7 Å². The van der Waals surface area contributed by atoms with E-state index in [9.17, 15) is 14.4 Å². The van der Waals surface area contributed by atoms with Crippen LogP contribution in [0.25, 0.3) is 6.08 Å². The summed E-state index contributed by atoms with van der Waals surface area (Å²) in [5.41, 5.74) is 1.56.